The maximum atomic E-state index is 12.2. The van der Waals surface area contributed by atoms with Crippen LogP contribution in [-0.4, -0.2) is 28.8 Å². The number of nitrogens with one attached hydrogen (secondary N) is 1. The number of benzene rings is 2. The lowest BCUT2D eigenvalue weighted by molar-refractivity contribution is -0.384. The van der Waals surface area contributed by atoms with E-state index in [4.69, 9.17) is 0 Å². The van der Waals surface area contributed by atoms with Crippen LogP contribution in [0.1, 0.15) is 23.1 Å². The molecule has 1 amide bonds. The molecular weight excluding hydrogens is 318 g/mol. The highest BCUT2D eigenvalue weighted by atomic mass is 16.6. The van der Waals surface area contributed by atoms with Crippen molar-refractivity contribution in [2.75, 3.05) is 18.4 Å². The predicted octanol–water partition coefficient (Wildman–Crippen LogP) is 3.29. The summed E-state index contributed by atoms with van der Waals surface area (Å²) in [5.41, 5.74) is 3.66. The third kappa shape index (κ3) is 4.22. The number of fused-ring (bicyclic) bond motifs is 1. The number of nitrogens with zero attached hydrogens (tertiary/aromatic N) is 2. The van der Waals surface area contributed by atoms with E-state index in [0.717, 1.165) is 25.1 Å². The molecule has 6 nitrogen and oxygen atoms in total. The Morgan fingerprint density at radius 1 is 1.24 bits per heavy atom. The van der Waals surface area contributed by atoms with Crippen LogP contribution >= 0.6 is 0 Å². The quantitative estimate of drug-likeness (QED) is 0.670. The number of hydrogen-bond acceptors (Lipinski definition) is 4. The minimum absolute atomic E-state index is 0.0692. The van der Waals surface area contributed by atoms with Gasteiger partial charge in [-0.2, -0.15) is 0 Å². The highest BCUT2D eigenvalue weighted by Gasteiger charge is 2.18. The Kier molecular flexibility index (Phi) is 5.09. The van der Waals surface area contributed by atoms with E-state index >= 15 is 0 Å². The molecule has 1 heterocycles. The maximum Gasteiger partial charge on any atom is 0.293 e. The van der Waals surface area contributed by atoms with Gasteiger partial charge in [-0.15, -0.1) is 0 Å². The second-order valence-corrected chi connectivity index (χ2v) is 6.37. The van der Waals surface area contributed by atoms with Gasteiger partial charge in [0.1, 0.15) is 5.69 Å². The Hall–Kier alpha value is -2.73. The summed E-state index contributed by atoms with van der Waals surface area (Å²) < 4.78 is 0. The first-order chi connectivity index (χ1) is 12.0. The van der Waals surface area contributed by atoms with E-state index in [2.05, 4.69) is 28.4 Å². The van der Waals surface area contributed by atoms with Crippen LogP contribution in [0.15, 0.2) is 42.5 Å². The largest absolute Gasteiger partial charge is 0.320 e. The predicted molar refractivity (Wildman–Crippen MR) is 96.5 cm³/mol. The monoisotopic (exact) mass is 339 g/mol. The third-order valence-electron chi connectivity index (χ3n) is 4.49. The minimum atomic E-state index is -0.468. The van der Waals surface area contributed by atoms with E-state index in [0.29, 0.717) is 13.0 Å². The molecule has 0 unspecified atom stereocenters. The zero-order chi connectivity index (χ0) is 17.8. The summed E-state index contributed by atoms with van der Waals surface area (Å²) in [6.07, 6.45) is 1.30. The van der Waals surface area contributed by atoms with Gasteiger partial charge in [0.2, 0.25) is 5.91 Å². The summed E-state index contributed by atoms with van der Waals surface area (Å²) >= 11 is 0. The fraction of sp³-hybridized carbons (Fsp3) is 0.316. The van der Waals surface area contributed by atoms with Crippen LogP contribution < -0.4 is 5.32 Å². The van der Waals surface area contributed by atoms with Gasteiger partial charge in [0, 0.05) is 32.1 Å². The fourth-order valence-electron chi connectivity index (χ4n) is 3.12. The second kappa shape index (κ2) is 7.44. The molecule has 2 aromatic carbocycles. The molecular formula is C19H21N3O3. The van der Waals surface area contributed by atoms with Crippen LogP contribution in [0, 0.1) is 17.0 Å². The number of nitro groups is 1. The molecule has 0 radical (unpaired) electrons. The van der Waals surface area contributed by atoms with Crippen molar-refractivity contribution in [2.24, 2.45) is 0 Å². The maximum absolute atomic E-state index is 12.2. The van der Waals surface area contributed by atoms with E-state index in [1.165, 1.54) is 17.2 Å². The molecule has 0 fully saturated rings. The number of rotatable bonds is 5. The average Bonchev–Trinajstić information content (AvgIpc) is 2.61. The van der Waals surface area contributed by atoms with E-state index in [-0.39, 0.29) is 17.3 Å². The van der Waals surface area contributed by atoms with Gasteiger partial charge in [-0.1, -0.05) is 30.3 Å². The molecule has 3 rings (SSSR count). The van der Waals surface area contributed by atoms with Gasteiger partial charge in [-0.3, -0.25) is 19.8 Å². The van der Waals surface area contributed by atoms with E-state index < -0.39 is 4.92 Å². The molecule has 0 atom stereocenters. The van der Waals surface area contributed by atoms with Gasteiger partial charge in [0.15, 0.2) is 0 Å². The summed E-state index contributed by atoms with van der Waals surface area (Å²) in [6, 6.07) is 13.2. The lowest BCUT2D eigenvalue weighted by atomic mass is 10.00. The number of nitro benzene ring substituents is 1. The molecule has 0 saturated carbocycles. The lowest BCUT2D eigenvalue weighted by Gasteiger charge is -2.28. The van der Waals surface area contributed by atoms with Crippen LogP contribution in [0.5, 0.6) is 0 Å². The summed E-state index contributed by atoms with van der Waals surface area (Å²) in [5.74, 6) is -0.203. The second-order valence-electron chi connectivity index (χ2n) is 6.37. The first-order valence-electron chi connectivity index (χ1n) is 8.37. The van der Waals surface area contributed by atoms with Crippen molar-refractivity contribution in [3.8, 4) is 0 Å². The van der Waals surface area contributed by atoms with Crippen molar-refractivity contribution in [3.63, 3.8) is 0 Å². The van der Waals surface area contributed by atoms with E-state index in [9.17, 15) is 14.9 Å². The Bertz CT molecular complexity index is 804. The highest BCUT2D eigenvalue weighted by molar-refractivity contribution is 5.93. The van der Waals surface area contributed by atoms with E-state index in [1.807, 2.05) is 6.07 Å². The highest BCUT2D eigenvalue weighted by Crippen LogP contribution is 2.25. The zero-order valence-electron chi connectivity index (χ0n) is 14.2. The molecule has 130 valence electrons. The van der Waals surface area contributed by atoms with Gasteiger partial charge < -0.3 is 5.32 Å². The Morgan fingerprint density at radius 2 is 2.00 bits per heavy atom. The third-order valence-corrected chi connectivity index (χ3v) is 4.49. The molecule has 0 spiro atoms. The topological polar surface area (TPSA) is 75.5 Å². The molecule has 1 aliphatic rings. The average molecular weight is 339 g/mol. The van der Waals surface area contributed by atoms with Crippen molar-refractivity contribution in [1.29, 1.82) is 0 Å². The van der Waals surface area contributed by atoms with Gasteiger partial charge in [0.05, 0.1) is 4.92 Å². The summed E-state index contributed by atoms with van der Waals surface area (Å²) in [7, 11) is 0. The van der Waals surface area contributed by atoms with Crippen molar-refractivity contribution in [3.05, 3.63) is 69.3 Å². The normalized spacial score (nSPS) is 14.0. The Labute approximate surface area is 146 Å². The first-order valence-corrected chi connectivity index (χ1v) is 8.37. The van der Waals surface area contributed by atoms with Crippen molar-refractivity contribution >= 4 is 17.3 Å². The number of hydrogen-bond donors (Lipinski definition) is 1. The van der Waals surface area contributed by atoms with Gasteiger partial charge in [-0.25, -0.2) is 0 Å². The summed E-state index contributed by atoms with van der Waals surface area (Å²) in [6.45, 7) is 4.19. The van der Waals surface area contributed by atoms with Crippen LogP contribution in [0.4, 0.5) is 11.4 Å². The van der Waals surface area contributed by atoms with E-state index in [1.54, 1.807) is 19.1 Å². The zero-order valence-corrected chi connectivity index (χ0v) is 14.2. The minimum Gasteiger partial charge on any atom is -0.320 e. The fourth-order valence-corrected chi connectivity index (χ4v) is 3.12. The molecule has 2 aromatic rings. The Balaban J connectivity index is 1.57. The van der Waals surface area contributed by atoms with Gasteiger partial charge >= 0.3 is 0 Å². The molecule has 25 heavy (non-hydrogen) atoms. The molecule has 1 aliphatic heterocycles. The van der Waals surface area contributed by atoms with Crippen molar-refractivity contribution < 1.29 is 9.72 Å². The number of amides is 1. The van der Waals surface area contributed by atoms with Crippen LogP contribution in [0.2, 0.25) is 0 Å². The standard InChI is InChI=1S/C19H21N3O3/c1-14-6-7-17(18(12-14)22(24)25)20-19(23)9-11-21-10-8-15-4-2-3-5-16(15)13-21/h2-7,12H,8-11,13H2,1H3,(H,20,23). The van der Waals surface area contributed by atoms with Crippen LogP contribution in [-0.2, 0) is 17.8 Å². The SMILES string of the molecule is Cc1ccc(NC(=O)CCN2CCc3ccccc3C2)c([N+](=O)[O-])c1. The first kappa shape index (κ1) is 17.1. The molecule has 0 bridgehead atoms. The van der Waals surface area contributed by atoms with Gasteiger partial charge in [0.25, 0.3) is 5.69 Å². The summed E-state index contributed by atoms with van der Waals surface area (Å²) in [5, 5.41) is 13.8. The summed E-state index contributed by atoms with van der Waals surface area (Å²) in [4.78, 5) is 25.1. The number of aryl methyl sites for hydroxylation is 1. The number of anilines is 1. The molecule has 6 heteroatoms. The van der Waals surface area contributed by atoms with Crippen molar-refractivity contribution in [2.45, 2.75) is 26.3 Å². The van der Waals surface area contributed by atoms with Crippen LogP contribution in [0.25, 0.3) is 0 Å². The molecule has 0 aliphatic carbocycles. The molecule has 0 saturated heterocycles. The van der Waals surface area contributed by atoms with Crippen LogP contribution in [0.3, 0.4) is 0 Å². The van der Waals surface area contributed by atoms with Gasteiger partial charge in [-0.05, 0) is 36.1 Å². The molecule has 1 N–H and O–H groups in total. The number of carbonyl (C=O) groups excluding carboxylic acids is 1. The smallest absolute Gasteiger partial charge is 0.293 e. The van der Waals surface area contributed by atoms with Crippen molar-refractivity contribution in [1.82, 2.24) is 4.90 Å². The molecule has 0 aromatic heterocycles. The number of carbonyl (C=O) groups is 1. The Morgan fingerprint density at radius 3 is 2.76 bits per heavy atom. The lowest BCUT2D eigenvalue weighted by Crippen LogP contribution is -2.33.